The lowest BCUT2D eigenvalue weighted by molar-refractivity contribution is -0.153. The molecule has 0 aliphatic heterocycles. The Balaban J connectivity index is 2.86. The fourth-order valence-electron chi connectivity index (χ4n) is 1.46. The number of aryl methyl sites for hydroxylation is 1. The van der Waals surface area contributed by atoms with Crippen molar-refractivity contribution in [1.82, 2.24) is 0 Å². The second-order valence-corrected chi connectivity index (χ2v) is 3.91. The number of rotatable bonds is 4. The van der Waals surface area contributed by atoms with Gasteiger partial charge in [-0.25, -0.2) is 0 Å². The van der Waals surface area contributed by atoms with Gasteiger partial charge in [0.1, 0.15) is 5.75 Å². The predicted octanol–water partition coefficient (Wildman–Crippen LogP) is 3.21. The molecule has 0 aromatic heterocycles. The first kappa shape index (κ1) is 13.8. The lowest BCUT2D eigenvalue weighted by atomic mass is 10.0. The third-order valence-electron chi connectivity index (χ3n) is 2.38. The van der Waals surface area contributed by atoms with E-state index in [0.29, 0.717) is 6.42 Å². The van der Waals surface area contributed by atoms with Crippen LogP contribution in [0, 0.1) is 0 Å². The highest BCUT2D eigenvalue weighted by Crippen LogP contribution is 2.25. The molecule has 1 atom stereocenters. The zero-order chi connectivity index (χ0) is 13.1. The molecular formula is C12H16F3NO. The summed E-state index contributed by atoms with van der Waals surface area (Å²) >= 11 is 0. The number of hydrogen-bond donors (Lipinski definition) is 1. The Labute approximate surface area is 98.6 Å². The minimum absolute atomic E-state index is 0.142. The molecule has 0 aliphatic carbocycles. The van der Waals surface area contributed by atoms with Gasteiger partial charge in [0.05, 0.1) is 0 Å². The molecule has 1 rings (SSSR count). The largest absolute Gasteiger partial charge is 0.484 e. The minimum atomic E-state index is -4.31. The van der Waals surface area contributed by atoms with E-state index in [1.54, 1.807) is 18.2 Å². The molecule has 17 heavy (non-hydrogen) atoms. The van der Waals surface area contributed by atoms with E-state index in [2.05, 4.69) is 0 Å². The maximum Gasteiger partial charge on any atom is 0.422 e. The molecule has 96 valence electrons. The van der Waals surface area contributed by atoms with Gasteiger partial charge in [-0.1, -0.05) is 19.1 Å². The van der Waals surface area contributed by atoms with Gasteiger partial charge in [0.15, 0.2) is 6.61 Å². The van der Waals surface area contributed by atoms with E-state index < -0.39 is 12.8 Å². The first-order valence-electron chi connectivity index (χ1n) is 5.41. The molecule has 0 amide bonds. The van der Waals surface area contributed by atoms with Gasteiger partial charge < -0.3 is 10.5 Å². The summed E-state index contributed by atoms with van der Waals surface area (Å²) in [7, 11) is 0. The Hall–Kier alpha value is -1.23. The highest BCUT2D eigenvalue weighted by atomic mass is 19.4. The van der Waals surface area contributed by atoms with Crippen LogP contribution >= 0.6 is 0 Å². The summed E-state index contributed by atoms with van der Waals surface area (Å²) < 4.78 is 40.9. The van der Waals surface area contributed by atoms with Crippen molar-refractivity contribution in [2.24, 2.45) is 5.73 Å². The van der Waals surface area contributed by atoms with Crippen molar-refractivity contribution in [1.29, 1.82) is 0 Å². The Morgan fingerprint density at radius 1 is 1.35 bits per heavy atom. The highest BCUT2D eigenvalue weighted by molar-refractivity contribution is 5.38. The van der Waals surface area contributed by atoms with Crippen LogP contribution in [0.3, 0.4) is 0 Å². The zero-order valence-corrected chi connectivity index (χ0v) is 9.84. The van der Waals surface area contributed by atoms with Gasteiger partial charge in [0.2, 0.25) is 0 Å². The monoisotopic (exact) mass is 247 g/mol. The summed E-state index contributed by atoms with van der Waals surface area (Å²) in [5.74, 6) is 0.272. The summed E-state index contributed by atoms with van der Waals surface area (Å²) in [6.45, 7) is 2.42. The van der Waals surface area contributed by atoms with Crippen LogP contribution in [0.1, 0.15) is 31.0 Å². The maximum absolute atomic E-state index is 12.0. The molecule has 1 aromatic rings. The summed E-state index contributed by atoms with van der Waals surface area (Å²) in [6.07, 6.45) is -3.71. The topological polar surface area (TPSA) is 35.2 Å². The molecular weight excluding hydrogens is 231 g/mol. The van der Waals surface area contributed by atoms with Crippen molar-refractivity contribution in [3.8, 4) is 5.75 Å². The molecule has 0 bridgehead atoms. The third-order valence-corrected chi connectivity index (χ3v) is 2.38. The van der Waals surface area contributed by atoms with Crippen molar-refractivity contribution >= 4 is 0 Å². The van der Waals surface area contributed by atoms with Gasteiger partial charge in [0, 0.05) is 6.04 Å². The smallest absolute Gasteiger partial charge is 0.422 e. The Bertz CT molecular complexity index is 375. The number of ether oxygens (including phenoxy) is 1. The van der Waals surface area contributed by atoms with E-state index in [0.717, 1.165) is 11.1 Å². The second-order valence-electron chi connectivity index (χ2n) is 3.91. The summed E-state index contributed by atoms with van der Waals surface area (Å²) in [6, 6.07) is 4.88. The lowest BCUT2D eigenvalue weighted by Crippen LogP contribution is -2.19. The predicted molar refractivity (Wildman–Crippen MR) is 60.0 cm³/mol. The van der Waals surface area contributed by atoms with Crippen molar-refractivity contribution in [3.05, 3.63) is 29.3 Å². The quantitative estimate of drug-likeness (QED) is 0.886. The molecule has 2 N–H and O–H groups in total. The number of halogens is 3. The van der Waals surface area contributed by atoms with Gasteiger partial charge in [-0.15, -0.1) is 0 Å². The first-order chi connectivity index (χ1) is 7.83. The van der Waals surface area contributed by atoms with E-state index in [1.165, 1.54) is 0 Å². The molecule has 0 radical (unpaired) electrons. The van der Waals surface area contributed by atoms with Crippen LogP contribution in [0.25, 0.3) is 0 Å². The molecule has 0 spiro atoms. The fraction of sp³-hybridized carbons (Fsp3) is 0.500. The fourth-order valence-corrected chi connectivity index (χ4v) is 1.46. The molecule has 0 heterocycles. The van der Waals surface area contributed by atoms with Crippen LogP contribution in [0.2, 0.25) is 0 Å². The standard InChI is InChI=1S/C12H16F3NO/c1-3-9-6-10(8(2)16)4-5-11(9)17-7-12(13,14)15/h4-6,8H,3,7,16H2,1-2H3. The highest BCUT2D eigenvalue weighted by Gasteiger charge is 2.28. The van der Waals surface area contributed by atoms with Crippen LogP contribution in [0.15, 0.2) is 18.2 Å². The van der Waals surface area contributed by atoms with E-state index in [4.69, 9.17) is 10.5 Å². The minimum Gasteiger partial charge on any atom is -0.484 e. The molecule has 0 saturated heterocycles. The molecule has 1 unspecified atom stereocenters. The SMILES string of the molecule is CCc1cc(C(C)N)ccc1OCC(F)(F)F. The number of alkyl halides is 3. The van der Waals surface area contributed by atoms with Gasteiger partial charge in [-0.2, -0.15) is 13.2 Å². The summed E-state index contributed by atoms with van der Waals surface area (Å²) in [5, 5.41) is 0. The molecule has 0 aliphatic rings. The van der Waals surface area contributed by atoms with Gasteiger partial charge in [-0.3, -0.25) is 0 Å². The normalized spacial score (nSPS) is 13.5. The summed E-state index contributed by atoms with van der Waals surface area (Å²) in [4.78, 5) is 0. The average molecular weight is 247 g/mol. The van der Waals surface area contributed by atoms with E-state index >= 15 is 0 Å². The number of nitrogens with two attached hydrogens (primary N) is 1. The summed E-state index contributed by atoms with van der Waals surface area (Å²) in [5.41, 5.74) is 7.34. The van der Waals surface area contributed by atoms with Crippen LogP contribution in [0.5, 0.6) is 5.75 Å². The second kappa shape index (κ2) is 5.40. The molecule has 0 saturated carbocycles. The van der Waals surface area contributed by atoms with E-state index in [1.807, 2.05) is 13.8 Å². The molecule has 5 heteroatoms. The van der Waals surface area contributed by atoms with E-state index in [-0.39, 0.29) is 11.8 Å². The third kappa shape index (κ3) is 4.26. The Morgan fingerprint density at radius 2 is 2.00 bits per heavy atom. The maximum atomic E-state index is 12.0. The van der Waals surface area contributed by atoms with Crippen LogP contribution in [-0.2, 0) is 6.42 Å². The van der Waals surface area contributed by atoms with Gasteiger partial charge in [-0.05, 0) is 30.5 Å². The molecule has 2 nitrogen and oxygen atoms in total. The average Bonchev–Trinajstić information content (AvgIpc) is 2.24. The van der Waals surface area contributed by atoms with Crippen molar-refractivity contribution < 1.29 is 17.9 Å². The first-order valence-corrected chi connectivity index (χ1v) is 5.41. The van der Waals surface area contributed by atoms with Crippen molar-refractivity contribution in [3.63, 3.8) is 0 Å². The number of hydrogen-bond acceptors (Lipinski definition) is 2. The number of benzene rings is 1. The Kier molecular flexibility index (Phi) is 4.40. The molecule has 0 fully saturated rings. The van der Waals surface area contributed by atoms with Crippen LogP contribution < -0.4 is 10.5 Å². The zero-order valence-electron chi connectivity index (χ0n) is 9.84. The van der Waals surface area contributed by atoms with Crippen LogP contribution in [-0.4, -0.2) is 12.8 Å². The van der Waals surface area contributed by atoms with Gasteiger partial charge >= 0.3 is 6.18 Å². The van der Waals surface area contributed by atoms with Crippen molar-refractivity contribution in [2.75, 3.05) is 6.61 Å². The Morgan fingerprint density at radius 3 is 2.47 bits per heavy atom. The van der Waals surface area contributed by atoms with Crippen molar-refractivity contribution in [2.45, 2.75) is 32.5 Å². The van der Waals surface area contributed by atoms with Gasteiger partial charge in [0.25, 0.3) is 0 Å². The molecule has 1 aromatic carbocycles. The van der Waals surface area contributed by atoms with E-state index in [9.17, 15) is 13.2 Å². The van der Waals surface area contributed by atoms with Crippen LogP contribution in [0.4, 0.5) is 13.2 Å². The lowest BCUT2D eigenvalue weighted by Gasteiger charge is -2.14.